The zero-order valence-corrected chi connectivity index (χ0v) is 9.29. The van der Waals surface area contributed by atoms with Gasteiger partial charge in [-0.3, -0.25) is 0 Å². The third-order valence-electron chi connectivity index (χ3n) is 3.07. The van der Waals surface area contributed by atoms with Crippen molar-refractivity contribution < 1.29 is 4.74 Å². The van der Waals surface area contributed by atoms with E-state index < -0.39 is 0 Å². The number of hydrogen-bond donors (Lipinski definition) is 2. The first kappa shape index (κ1) is 10.5. The molecule has 1 aliphatic rings. The SMILES string of the molecule is CNC(c1ccc(OC)cc1)C1CNC1. The smallest absolute Gasteiger partial charge is 0.118 e. The normalized spacial score (nSPS) is 18.3. The van der Waals surface area contributed by atoms with E-state index in [1.54, 1.807) is 7.11 Å². The fourth-order valence-electron chi connectivity index (χ4n) is 2.03. The van der Waals surface area contributed by atoms with Crippen molar-refractivity contribution in [1.29, 1.82) is 0 Å². The van der Waals surface area contributed by atoms with E-state index in [0.29, 0.717) is 12.0 Å². The van der Waals surface area contributed by atoms with Crippen LogP contribution in [-0.2, 0) is 0 Å². The van der Waals surface area contributed by atoms with Crippen LogP contribution in [0.5, 0.6) is 5.75 Å². The van der Waals surface area contributed by atoms with Crippen LogP contribution in [0.15, 0.2) is 24.3 Å². The average molecular weight is 206 g/mol. The Morgan fingerprint density at radius 3 is 2.40 bits per heavy atom. The van der Waals surface area contributed by atoms with Crippen LogP contribution in [0, 0.1) is 5.92 Å². The standard InChI is InChI=1S/C12H18N2O/c1-13-12(10-7-14-8-10)9-3-5-11(15-2)6-4-9/h3-6,10,12-14H,7-8H2,1-2H3. The van der Waals surface area contributed by atoms with E-state index in [1.807, 2.05) is 19.2 Å². The maximum absolute atomic E-state index is 5.15. The second kappa shape index (κ2) is 4.64. The van der Waals surface area contributed by atoms with Crippen molar-refractivity contribution in [1.82, 2.24) is 10.6 Å². The monoisotopic (exact) mass is 206 g/mol. The highest BCUT2D eigenvalue weighted by molar-refractivity contribution is 5.29. The molecule has 2 N–H and O–H groups in total. The van der Waals surface area contributed by atoms with Gasteiger partial charge >= 0.3 is 0 Å². The van der Waals surface area contributed by atoms with E-state index in [-0.39, 0.29) is 0 Å². The zero-order chi connectivity index (χ0) is 10.7. The van der Waals surface area contributed by atoms with Gasteiger partial charge in [0.2, 0.25) is 0 Å². The topological polar surface area (TPSA) is 33.3 Å². The lowest BCUT2D eigenvalue weighted by Crippen LogP contribution is -2.48. The third-order valence-corrected chi connectivity index (χ3v) is 3.07. The minimum atomic E-state index is 0.456. The average Bonchev–Trinajstić information content (AvgIpc) is 2.23. The van der Waals surface area contributed by atoms with Gasteiger partial charge < -0.3 is 15.4 Å². The molecule has 1 unspecified atom stereocenters. The predicted molar refractivity (Wildman–Crippen MR) is 61.2 cm³/mol. The molecule has 0 aromatic heterocycles. The van der Waals surface area contributed by atoms with Crippen LogP contribution in [0.4, 0.5) is 0 Å². The summed E-state index contributed by atoms with van der Waals surface area (Å²) in [5.41, 5.74) is 1.34. The lowest BCUT2D eigenvalue weighted by atomic mass is 9.89. The first-order chi connectivity index (χ1) is 7.35. The minimum absolute atomic E-state index is 0.456. The molecular formula is C12H18N2O. The fourth-order valence-corrected chi connectivity index (χ4v) is 2.03. The molecule has 2 rings (SSSR count). The van der Waals surface area contributed by atoms with Crippen molar-refractivity contribution in [3.63, 3.8) is 0 Å². The Bertz CT molecular complexity index is 306. The Labute approximate surface area is 90.8 Å². The Morgan fingerprint density at radius 1 is 1.33 bits per heavy atom. The van der Waals surface area contributed by atoms with Crippen molar-refractivity contribution in [2.75, 3.05) is 27.2 Å². The molecule has 1 aliphatic heterocycles. The van der Waals surface area contributed by atoms with Crippen LogP contribution in [0.25, 0.3) is 0 Å². The molecule has 0 amide bonds. The van der Waals surface area contributed by atoms with Crippen LogP contribution in [-0.4, -0.2) is 27.2 Å². The molecule has 0 spiro atoms. The van der Waals surface area contributed by atoms with Gasteiger partial charge in [-0.2, -0.15) is 0 Å². The van der Waals surface area contributed by atoms with E-state index in [0.717, 1.165) is 18.8 Å². The van der Waals surface area contributed by atoms with Gasteiger partial charge in [-0.25, -0.2) is 0 Å². The Balaban J connectivity index is 2.11. The van der Waals surface area contributed by atoms with Crippen LogP contribution in [0.2, 0.25) is 0 Å². The summed E-state index contributed by atoms with van der Waals surface area (Å²) in [6.45, 7) is 2.22. The molecule has 1 aromatic rings. The van der Waals surface area contributed by atoms with E-state index >= 15 is 0 Å². The molecule has 0 saturated carbocycles. The van der Waals surface area contributed by atoms with Gasteiger partial charge in [0, 0.05) is 25.0 Å². The summed E-state index contributed by atoms with van der Waals surface area (Å²) in [5.74, 6) is 1.63. The maximum Gasteiger partial charge on any atom is 0.118 e. The molecule has 1 heterocycles. The van der Waals surface area contributed by atoms with E-state index in [9.17, 15) is 0 Å². The van der Waals surface area contributed by atoms with Crippen molar-refractivity contribution in [2.24, 2.45) is 5.92 Å². The highest BCUT2D eigenvalue weighted by atomic mass is 16.5. The third kappa shape index (κ3) is 2.13. The van der Waals surface area contributed by atoms with Crippen molar-refractivity contribution >= 4 is 0 Å². The van der Waals surface area contributed by atoms with Crippen molar-refractivity contribution in [3.05, 3.63) is 29.8 Å². The zero-order valence-electron chi connectivity index (χ0n) is 9.29. The number of hydrogen-bond acceptors (Lipinski definition) is 3. The molecule has 1 atom stereocenters. The van der Waals surface area contributed by atoms with Gasteiger partial charge in [0.25, 0.3) is 0 Å². The molecule has 15 heavy (non-hydrogen) atoms. The van der Waals surface area contributed by atoms with Gasteiger partial charge in [0.15, 0.2) is 0 Å². The van der Waals surface area contributed by atoms with Crippen LogP contribution in [0.3, 0.4) is 0 Å². The van der Waals surface area contributed by atoms with Crippen LogP contribution < -0.4 is 15.4 Å². The largest absolute Gasteiger partial charge is 0.497 e. The molecule has 0 aliphatic carbocycles. The number of nitrogens with one attached hydrogen (secondary N) is 2. The first-order valence-electron chi connectivity index (χ1n) is 5.37. The quantitative estimate of drug-likeness (QED) is 0.776. The molecule has 0 radical (unpaired) electrons. The van der Waals surface area contributed by atoms with E-state index in [1.165, 1.54) is 5.56 Å². The van der Waals surface area contributed by atoms with Gasteiger partial charge in [0.05, 0.1) is 7.11 Å². The van der Waals surface area contributed by atoms with Gasteiger partial charge in [0.1, 0.15) is 5.75 Å². The molecule has 82 valence electrons. The summed E-state index contributed by atoms with van der Waals surface area (Å²) >= 11 is 0. The summed E-state index contributed by atoms with van der Waals surface area (Å²) in [6.07, 6.45) is 0. The number of benzene rings is 1. The van der Waals surface area contributed by atoms with Crippen molar-refractivity contribution in [3.8, 4) is 5.75 Å². The van der Waals surface area contributed by atoms with Crippen LogP contribution in [0.1, 0.15) is 11.6 Å². The molecule has 1 fully saturated rings. The Morgan fingerprint density at radius 2 is 2.00 bits per heavy atom. The highest BCUT2D eigenvalue weighted by Crippen LogP contribution is 2.26. The summed E-state index contributed by atoms with van der Waals surface area (Å²) in [5, 5.41) is 6.68. The predicted octanol–water partition coefficient (Wildman–Crippen LogP) is 1.18. The second-order valence-electron chi connectivity index (χ2n) is 3.96. The summed E-state index contributed by atoms with van der Waals surface area (Å²) in [4.78, 5) is 0. The Hall–Kier alpha value is -1.06. The molecule has 1 aromatic carbocycles. The van der Waals surface area contributed by atoms with Crippen LogP contribution >= 0.6 is 0 Å². The van der Waals surface area contributed by atoms with Gasteiger partial charge in [-0.1, -0.05) is 12.1 Å². The number of methoxy groups -OCH3 is 1. The molecule has 3 nitrogen and oxygen atoms in total. The van der Waals surface area contributed by atoms with Crippen molar-refractivity contribution in [2.45, 2.75) is 6.04 Å². The Kier molecular flexibility index (Phi) is 3.23. The van der Waals surface area contributed by atoms with Gasteiger partial charge in [-0.15, -0.1) is 0 Å². The summed E-state index contributed by atoms with van der Waals surface area (Å²) in [6, 6.07) is 8.77. The van der Waals surface area contributed by atoms with E-state index in [4.69, 9.17) is 4.74 Å². The lowest BCUT2D eigenvalue weighted by Gasteiger charge is -2.34. The molecular weight excluding hydrogens is 188 g/mol. The van der Waals surface area contributed by atoms with Gasteiger partial charge in [-0.05, 0) is 24.7 Å². The fraction of sp³-hybridized carbons (Fsp3) is 0.500. The summed E-state index contributed by atoms with van der Waals surface area (Å²) < 4.78 is 5.15. The lowest BCUT2D eigenvalue weighted by molar-refractivity contribution is 0.268. The second-order valence-corrected chi connectivity index (χ2v) is 3.96. The first-order valence-corrected chi connectivity index (χ1v) is 5.37. The number of rotatable bonds is 4. The maximum atomic E-state index is 5.15. The number of ether oxygens (including phenoxy) is 1. The minimum Gasteiger partial charge on any atom is -0.497 e. The molecule has 1 saturated heterocycles. The molecule has 0 bridgehead atoms. The highest BCUT2D eigenvalue weighted by Gasteiger charge is 2.26. The molecule has 3 heteroatoms. The van der Waals surface area contributed by atoms with E-state index in [2.05, 4.69) is 22.8 Å². The summed E-state index contributed by atoms with van der Waals surface area (Å²) in [7, 11) is 3.72.